The molecule has 6 heteroatoms. The normalized spacial score (nSPS) is 15.2. The van der Waals surface area contributed by atoms with E-state index in [0.29, 0.717) is 19.3 Å². The van der Waals surface area contributed by atoms with E-state index in [2.05, 4.69) is 0 Å². The molecule has 0 heterocycles. The highest BCUT2D eigenvalue weighted by molar-refractivity contribution is 7.73. The maximum absolute atomic E-state index is 11.9. The molecular weight excluding hydrogens is 346 g/mol. The zero-order valence-corrected chi connectivity index (χ0v) is 15.9. The predicted molar refractivity (Wildman–Crippen MR) is 107 cm³/mol. The van der Waals surface area contributed by atoms with E-state index in [1.165, 1.54) is 0 Å². The maximum Gasteiger partial charge on any atom is 0.143 e. The minimum atomic E-state index is -2.57. The fourth-order valence-electron chi connectivity index (χ4n) is 3.13. The van der Waals surface area contributed by atoms with Crippen LogP contribution in [0.1, 0.15) is 42.6 Å². The fraction of sp³-hybridized carbons (Fsp3) is 0.350. The number of rotatable bonds is 9. The van der Waals surface area contributed by atoms with Crippen LogP contribution in [0.2, 0.25) is 0 Å². The third-order valence-electron chi connectivity index (χ3n) is 4.87. The van der Waals surface area contributed by atoms with Gasteiger partial charge in [-0.05, 0) is 36.0 Å². The van der Waals surface area contributed by atoms with E-state index in [0.717, 1.165) is 16.7 Å². The molecule has 1 radical (unpaired) electrons. The first-order valence-corrected chi connectivity index (χ1v) is 9.95. The SMILES string of the molecule is C[C@]([CH]N)(CC(CCc1ccccc1)[SH](=O)=O)c1cccc(C(N)N)c1. The topological polar surface area (TPSA) is 112 Å². The maximum atomic E-state index is 11.9. The average molecular weight is 375 g/mol. The van der Waals surface area contributed by atoms with E-state index in [-0.39, 0.29) is 0 Å². The van der Waals surface area contributed by atoms with Gasteiger partial charge in [0.05, 0.1) is 11.4 Å². The third kappa shape index (κ3) is 5.38. The van der Waals surface area contributed by atoms with Gasteiger partial charge in [0.1, 0.15) is 10.7 Å². The molecule has 0 fully saturated rings. The van der Waals surface area contributed by atoms with Gasteiger partial charge in [0.25, 0.3) is 0 Å². The van der Waals surface area contributed by atoms with Crippen molar-refractivity contribution >= 4 is 10.7 Å². The van der Waals surface area contributed by atoms with Crippen LogP contribution in [-0.2, 0) is 22.5 Å². The van der Waals surface area contributed by atoms with Gasteiger partial charge in [-0.25, -0.2) is 8.42 Å². The molecule has 0 aliphatic heterocycles. The Morgan fingerprint density at radius 2 is 1.77 bits per heavy atom. The van der Waals surface area contributed by atoms with Crippen molar-refractivity contribution in [3.8, 4) is 0 Å². The number of hydrogen-bond donors (Lipinski definition) is 4. The Hall–Kier alpha value is -1.73. The molecule has 1 unspecified atom stereocenters. The molecule has 2 aromatic carbocycles. The fourth-order valence-corrected chi connectivity index (χ4v) is 4.00. The van der Waals surface area contributed by atoms with Crippen LogP contribution in [0.5, 0.6) is 0 Å². The molecule has 2 rings (SSSR count). The summed E-state index contributed by atoms with van der Waals surface area (Å²) in [6.45, 7) is 3.52. The van der Waals surface area contributed by atoms with E-state index in [1.54, 1.807) is 6.54 Å². The highest BCUT2D eigenvalue weighted by atomic mass is 32.2. The van der Waals surface area contributed by atoms with Crippen molar-refractivity contribution in [3.05, 3.63) is 77.8 Å². The quantitative estimate of drug-likeness (QED) is 0.396. The summed E-state index contributed by atoms with van der Waals surface area (Å²) in [6.07, 6.45) is 1.10. The lowest BCUT2D eigenvalue weighted by atomic mass is 9.77. The number of nitrogens with two attached hydrogens (primary N) is 3. The van der Waals surface area contributed by atoms with E-state index >= 15 is 0 Å². The van der Waals surface area contributed by atoms with Gasteiger partial charge in [-0.2, -0.15) is 0 Å². The van der Waals surface area contributed by atoms with Crippen molar-refractivity contribution in [2.45, 2.75) is 43.0 Å². The molecule has 6 N–H and O–H groups in total. The minimum absolute atomic E-state index is 0.415. The summed E-state index contributed by atoms with van der Waals surface area (Å²) >= 11 is 0. The van der Waals surface area contributed by atoms with Crippen LogP contribution in [-0.4, -0.2) is 13.7 Å². The van der Waals surface area contributed by atoms with Crippen molar-refractivity contribution in [2.24, 2.45) is 17.2 Å². The zero-order valence-electron chi connectivity index (χ0n) is 15.0. The van der Waals surface area contributed by atoms with Crippen LogP contribution in [0, 0.1) is 6.54 Å². The third-order valence-corrected chi connectivity index (χ3v) is 5.90. The smallest absolute Gasteiger partial charge is 0.143 e. The van der Waals surface area contributed by atoms with E-state index in [9.17, 15) is 8.42 Å². The summed E-state index contributed by atoms with van der Waals surface area (Å²) in [7, 11) is -2.57. The lowest BCUT2D eigenvalue weighted by Crippen LogP contribution is -2.33. The second-order valence-electron chi connectivity index (χ2n) is 6.90. The molecule has 0 spiro atoms. The summed E-state index contributed by atoms with van der Waals surface area (Å²) < 4.78 is 23.7. The first-order valence-electron chi connectivity index (χ1n) is 8.71. The van der Waals surface area contributed by atoms with Gasteiger partial charge in [0, 0.05) is 12.0 Å². The van der Waals surface area contributed by atoms with E-state index in [1.807, 2.05) is 61.5 Å². The summed E-state index contributed by atoms with van der Waals surface area (Å²) in [5, 5.41) is -0.467. The molecular formula is C20H28N3O2S. The van der Waals surface area contributed by atoms with Crippen LogP contribution in [0.25, 0.3) is 0 Å². The summed E-state index contributed by atoms with van der Waals surface area (Å²) in [4.78, 5) is 0. The van der Waals surface area contributed by atoms with Crippen LogP contribution < -0.4 is 17.2 Å². The van der Waals surface area contributed by atoms with Crippen LogP contribution >= 0.6 is 0 Å². The van der Waals surface area contributed by atoms with Gasteiger partial charge in [-0.15, -0.1) is 0 Å². The molecule has 0 aliphatic rings. The molecule has 26 heavy (non-hydrogen) atoms. The first kappa shape index (κ1) is 20.6. The molecule has 5 nitrogen and oxygen atoms in total. The van der Waals surface area contributed by atoms with Crippen molar-refractivity contribution in [1.82, 2.24) is 0 Å². The number of hydrogen-bond acceptors (Lipinski definition) is 5. The standard InChI is InChI=1S/C20H28N3O2S/c1-20(14-21,17-9-5-8-16(12-17)19(22)23)13-18(26(24)25)11-10-15-6-3-2-4-7-15/h2-9,12,14,18-19,26H,10-11,13,21-23H2,1H3/t18?,20-/m1/s1. The molecule has 0 saturated heterocycles. The molecule has 0 amide bonds. The van der Waals surface area contributed by atoms with Gasteiger partial charge < -0.3 is 17.2 Å². The van der Waals surface area contributed by atoms with Crippen LogP contribution in [0.3, 0.4) is 0 Å². The van der Waals surface area contributed by atoms with E-state index in [4.69, 9.17) is 17.2 Å². The Morgan fingerprint density at radius 1 is 1.08 bits per heavy atom. The second-order valence-corrected chi connectivity index (χ2v) is 8.20. The second kappa shape index (κ2) is 9.28. The molecule has 0 bridgehead atoms. The number of benzene rings is 2. The van der Waals surface area contributed by atoms with Gasteiger partial charge in [-0.3, -0.25) is 0 Å². The van der Waals surface area contributed by atoms with Gasteiger partial charge in [0.15, 0.2) is 0 Å². The molecule has 0 saturated carbocycles. The van der Waals surface area contributed by atoms with Crippen molar-refractivity contribution in [1.29, 1.82) is 0 Å². The van der Waals surface area contributed by atoms with Gasteiger partial charge in [0.2, 0.25) is 0 Å². The summed E-state index contributed by atoms with van der Waals surface area (Å²) in [6, 6.07) is 17.4. The van der Waals surface area contributed by atoms with Gasteiger partial charge >= 0.3 is 0 Å². The highest BCUT2D eigenvalue weighted by Gasteiger charge is 2.31. The molecule has 141 valence electrons. The van der Waals surface area contributed by atoms with Crippen molar-refractivity contribution in [2.75, 3.05) is 0 Å². The molecule has 2 atom stereocenters. The molecule has 2 aromatic rings. The molecule has 0 aliphatic carbocycles. The molecule has 0 aromatic heterocycles. The van der Waals surface area contributed by atoms with Crippen molar-refractivity contribution < 1.29 is 8.42 Å². The number of thiol groups is 1. The Kier molecular flexibility index (Phi) is 7.34. The van der Waals surface area contributed by atoms with Crippen LogP contribution in [0.15, 0.2) is 54.6 Å². The Morgan fingerprint density at radius 3 is 2.35 bits per heavy atom. The van der Waals surface area contributed by atoms with Crippen molar-refractivity contribution in [3.63, 3.8) is 0 Å². The summed E-state index contributed by atoms with van der Waals surface area (Å²) in [5.74, 6) is 0. The van der Waals surface area contributed by atoms with Crippen LogP contribution in [0.4, 0.5) is 0 Å². The lowest BCUT2D eigenvalue weighted by Gasteiger charge is -2.31. The largest absolute Gasteiger partial charge is 0.326 e. The number of aryl methyl sites for hydroxylation is 1. The highest BCUT2D eigenvalue weighted by Crippen LogP contribution is 2.33. The first-order chi connectivity index (χ1) is 12.4. The van der Waals surface area contributed by atoms with Gasteiger partial charge in [-0.1, -0.05) is 61.5 Å². The zero-order chi connectivity index (χ0) is 19.2. The summed E-state index contributed by atoms with van der Waals surface area (Å²) in [5.41, 5.74) is 19.7. The predicted octanol–water partition coefficient (Wildman–Crippen LogP) is 1.98. The average Bonchev–Trinajstić information content (AvgIpc) is 2.65. The van der Waals surface area contributed by atoms with E-state index < -0.39 is 27.5 Å². The lowest BCUT2D eigenvalue weighted by molar-refractivity contribution is 0.461. The Balaban J connectivity index is 2.19. The Bertz CT molecular complexity index is 770. The minimum Gasteiger partial charge on any atom is -0.326 e. The monoisotopic (exact) mass is 374 g/mol. The Labute approximate surface area is 157 Å².